The van der Waals surface area contributed by atoms with Crippen LogP contribution in [-0.2, 0) is 9.59 Å². The van der Waals surface area contributed by atoms with E-state index in [0.717, 1.165) is 0 Å². The number of aliphatic carboxylic acids is 1. The van der Waals surface area contributed by atoms with E-state index in [1.807, 2.05) is 0 Å². The molecule has 2 N–H and O–H groups in total. The Hall–Kier alpha value is -1.57. The van der Waals surface area contributed by atoms with Crippen molar-refractivity contribution in [1.29, 1.82) is 5.26 Å². The van der Waals surface area contributed by atoms with Crippen LogP contribution in [0.25, 0.3) is 0 Å². The first kappa shape index (κ1) is 8.43. The molecule has 0 aliphatic heterocycles. The molecule has 0 bridgehead atoms. The predicted molar refractivity (Wildman–Crippen MR) is 30.6 cm³/mol. The Bertz CT molecular complexity index is 182. The summed E-state index contributed by atoms with van der Waals surface area (Å²) in [6, 6.07) is 0. The molecule has 5 heteroatoms. The highest BCUT2D eigenvalue weighted by atomic mass is 16.4. The summed E-state index contributed by atoms with van der Waals surface area (Å²) >= 11 is 0. The van der Waals surface area contributed by atoms with E-state index in [1.54, 1.807) is 5.32 Å². The number of amides is 1. The van der Waals surface area contributed by atoms with Gasteiger partial charge in [-0.1, -0.05) is 0 Å². The maximum atomic E-state index is 10.4. The van der Waals surface area contributed by atoms with Crippen molar-refractivity contribution >= 4 is 11.9 Å². The molecule has 1 amide bonds. The van der Waals surface area contributed by atoms with E-state index in [9.17, 15) is 9.59 Å². The van der Waals surface area contributed by atoms with E-state index < -0.39 is 11.9 Å². The zero-order valence-corrected chi connectivity index (χ0v) is 5.13. The standard InChI is InChI=1S/C5H6N2O3/c6-3-7-4(8)1-2-5(9)10/h1-2H2,(H,7,8)(H,9,10). The van der Waals surface area contributed by atoms with E-state index in [0.29, 0.717) is 0 Å². The summed E-state index contributed by atoms with van der Waals surface area (Å²) in [5.41, 5.74) is 0. The van der Waals surface area contributed by atoms with E-state index in [2.05, 4.69) is 0 Å². The van der Waals surface area contributed by atoms with Crippen molar-refractivity contribution in [3.63, 3.8) is 0 Å². The lowest BCUT2D eigenvalue weighted by molar-refractivity contribution is -0.138. The van der Waals surface area contributed by atoms with Gasteiger partial charge in [-0.15, -0.1) is 0 Å². The molecule has 0 heterocycles. The number of carboxylic acids is 1. The van der Waals surface area contributed by atoms with Crippen molar-refractivity contribution in [2.24, 2.45) is 0 Å². The molecule has 0 aromatic heterocycles. The van der Waals surface area contributed by atoms with Crippen LogP contribution in [0.5, 0.6) is 0 Å². The predicted octanol–water partition coefficient (Wildman–Crippen LogP) is -0.552. The molecule has 0 aromatic rings. The molecule has 0 fully saturated rings. The summed E-state index contributed by atoms with van der Waals surface area (Å²) in [7, 11) is 0. The summed E-state index contributed by atoms with van der Waals surface area (Å²) in [4.78, 5) is 20.2. The van der Waals surface area contributed by atoms with E-state index >= 15 is 0 Å². The summed E-state index contributed by atoms with van der Waals surface area (Å²) in [6.07, 6.45) is 1.01. The van der Waals surface area contributed by atoms with Crippen molar-refractivity contribution in [2.75, 3.05) is 0 Å². The van der Waals surface area contributed by atoms with E-state index in [1.165, 1.54) is 6.19 Å². The zero-order chi connectivity index (χ0) is 7.98. The largest absolute Gasteiger partial charge is 0.481 e. The second-order valence-corrected chi connectivity index (χ2v) is 1.55. The second kappa shape index (κ2) is 4.32. The first-order chi connectivity index (χ1) is 4.66. The molecule has 0 aromatic carbocycles. The van der Waals surface area contributed by atoms with Gasteiger partial charge in [-0.2, -0.15) is 5.26 Å². The highest BCUT2D eigenvalue weighted by molar-refractivity contribution is 5.81. The molecule has 0 aliphatic rings. The molecule has 0 radical (unpaired) electrons. The van der Waals surface area contributed by atoms with Crippen molar-refractivity contribution in [2.45, 2.75) is 12.8 Å². The van der Waals surface area contributed by atoms with Crippen LogP contribution in [-0.4, -0.2) is 17.0 Å². The number of nitriles is 1. The summed E-state index contributed by atoms with van der Waals surface area (Å²) in [6.45, 7) is 0. The number of carbonyl (C=O) groups excluding carboxylic acids is 1. The lowest BCUT2D eigenvalue weighted by Gasteiger charge is -1.91. The minimum absolute atomic E-state index is 0.150. The van der Waals surface area contributed by atoms with Crippen molar-refractivity contribution < 1.29 is 14.7 Å². The van der Waals surface area contributed by atoms with Crippen LogP contribution >= 0.6 is 0 Å². The smallest absolute Gasteiger partial charge is 0.303 e. The molecule has 54 valence electrons. The Kier molecular flexibility index (Phi) is 3.64. The van der Waals surface area contributed by atoms with Crippen LogP contribution < -0.4 is 5.32 Å². The Morgan fingerprint density at radius 1 is 1.50 bits per heavy atom. The topological polar surface area (TPSA) is 90.2 Å². The van der Waals surface area contributed by atoms with Gasteiger partial charge >= 0.3 is 5.97 Å². The second-order valence-electron chi connectivity index (χ2n) is 1.55. The molecule has 0 atom stereocenters. The van der Waals surface area contributed by atoms with Crippen molar-refractivity contribution in [1.82, 2.24) is 5.32 Å². The van der Waals surface area contributed by atoms with Gasteiger partial charge in [0.25, 0.3) is 0 Å². The van der Waals surface area contributed by atoms with Crippen LogP contribution in [0.1, 0.15) is 12.8 Å². The lowest BCUT2D eigenvalue weighted by Crippen LogP contribution is -2.17. The van der Waals surface area contributed by atoms with Gasteiger partial charge in [0.1, 0.15) is 0 Å². The Morgan fingerprint density at radius 3 is 2.50 bits per heavy atom. The average Bonchev–Trinajstić information content (AvgIpc) is 1.85. The molecule has 0 aliphatic carbocycles. The normalized spacial score (nSPS) is 7.90. The number of hydrogen-bond donors (Lipinski definition) is 2. The number of carboxylic acid groups (broad SMARTS) is 1. The third kappa shape index (κ3) is 4.59. The quantitative estimate of drug-likeness (QED) is 0.408. The molecule has 0 unspecified atom stereocenters. The molecule has 0 spiro atoms. The molecule has 0 saturated heterocycles. The Labute approximate surface area is 57.3 Å². The van der Waals surface area contributed by atoms with Gasteiger partial charge in [0.2, 0.25) is 5.91 Å². The third-order valence-electron chi connectivity index (χ3n) is 0.761. The zero-order valence-electron chi connectivity index (χ0n) is 5.13. The number of rotatable bonds is 3. The van der Waals surface area contributed by atoms with Crippen LogP contribution in [0, 0.1) is 11.5 Å². The van der Waals surface area contributed by atoms with Gasteiger partial charge < -0.3 is 5.11 Å². The average molecular weight is 142 g/mol. The molecule has 0 rings (SSSR count). The Balaban J connectivity index is 3.42. The van der Waals surface area contributed by atoms with Gasteiger partial charge in [0, 0.05) is 6.42 Å². The molecule has 5 nitrogen and oxygen atoms in total. The number of nitrogens with one attached hydrogen (secondary N) is 1. The first-order valence-electron chi connectivity index (χ1n) is 2.56. The lowest BCUT2D eigenvalue weighted by atomic mass is 10.3. The Morgan fingerprint density at radius 2 is 2.10 bits per heavy atom. The maximum absolute atomic E-state index is 10.4. The molecular weight excluding hydrogens is 136 g/mol. The van der Waals surface area contributed by atoms with E-state index in [4.69, 9.17) is 10.4 Å². The van der Waals surface area contributed by atoms with E-state index in [-0.39, 0.29) is 12.8 Å². The fraction of sp³-hybridized carbons (Fsp3) is 0.400. The van der Waals surface area contributed by atoms with Crippen LogP contribution in [0.15, 0.2) is 0 Å². The number of carbonyl (C=O) groups is 2. The highest BCUT2D eigenvalue weighted by Gasteiger charge is 2.02. The van der Waals surface area contributed by atoms with Crippen LogP contribution in [0.3, 0.4) is 0 Å². The minimum atomic E-state index is -1.05. The minimum Gasteiger partial charge on any atom is -0.481 e. The SMILES string of the molecule is N#CNC(=O)CCC(=O)O. The first-order valence-corrected chi connectivity index (χ1v) is 2.56. The van der Waals surface area contributed by atoms with Crippen LogP contribution in [0.4, 0.5) is 0 Å². The monoisotopic (exact) mass is 142 g/mol. The van der Waals surface area contributed by atoms with Gasteiger partial charge in [0.15, 0.2) is 6.19 Å². The summed E-state index contributed by atoms with van der Waals surface area (Å²) in [5, 5.41) is 17.7. The summed E-state index contributed by atoms with van der Waals surface area (Å²) in [5.74, 6) is -1.61. The number of nitrogens with zero attached hydrogens (tertiary/aromatic N) is 1. The van der Waals surface area contributed by atoms with Crippen LogP contribution in [0.2, 0.25) is 0 Å². The van der Waals surface area contributed by atoms with Crippen molar-refractivity contribution in [3.05, 3.63) is 0 Å². The highest BCUT2D eigenvalue weighted by Crippen LogP contribution is 1.86. The van der Waals surface area contributed by atoms with Gasteiger partial charge in [-0.25, -0.2) is 0 Å². The third-order valence-corrected chi connectivity index (χ3v) is 0.761. The fourth-order valence-electron chi connectivity index (χ4n) is 0.345. The molecule has 0 saturated carbocycles. The van der Waals surface area contributed by atoms with Gasteiger partial charge in [-0.3, -0.25) is 14.9 Å². The maximum Gasteiger partial charge on any atom is 0.303 e. The molecule has 10 heavy (non-hydrogen) atoms. The number of hydrogen-bond acceptors (Lipinski definition) is 3. The van der Waals surface area contributed by atoms with Gasteiger partial charge in [0.05, 0.1) is 6.42 Å². The fourth-order valence-corrected chi connectivity index (χ4v) is 0.345. The van der Waals surface area contributed by atoms with Crippen molar-refractivity contribution in [3.8, 4) is 6.19 Å². The van der Waals surface area contributed by atoms with Gasteiger partial charge in [-0.05, 0) is 0 Å². The summed E-state index contributed by atoms with van der Waals surface area (Å²) < 4.78 is 0. The molecular formula is C5H6N2O3.